The van der Waals surface area contributed by atoms with Crippen LogP contribution in [0.2, 0.25) is 0 Å². The molecule has 0 saturated heterocycles. The van der Waals surface area contributed by atoms with Crippen molar-refractivity contribution < 1.29 is 9.90 Å². The van der Waals surface area contributed by atoms with Crippen molar-refractivity contribution >= 4 is 5.97 Å². The van der Waals surface area contributed by atoms with Gasteiger partial charge >= 0.3 is 5.97 Å². The van der Waals surface area contributed by atoms with E-state index in [9.17, 15) is 4.79 Å². The lowest BCUT2D eigenvalue weighted by molar-refractivity contribution is -0.142. The normalized spacial score (nSPS) is 12.4. The number of hydrogen-bond acceptors (Lipinski definition) is 2. The highest BCUT2D eigenvalue weighted by molar-refractivity contribution is 5.69. The summed E-state index contributed by atoms with van der Waals surface area (Å²) in [4.78, 5) is 10.7. The fourth-order valence-electron chi connectivity index (χ4n) is 1.25. The molecular weight excluding hydrogens is 166 g/mol. The molecule has 3 nitrogen and oxygen atoms in total. The van der Waals surface area contributed by atoms with Crippen LogP contribution in [0.1, 0.15) is 32.1 Å². The van der Waals surface area contributed by atoms with E-state index in [0.29, 0.717) is 13.0 Å². The number of unbranched alkanes of at least 4 members (excludes halogenated alkanes) is 1. The molecule has 0 aromatic heterocycles. The second-order valence-electron chi connectivity index (χ2n) is 3.19. The van der Waals surface area contributed by atoms with Crippen LogP contribution in [0.25, 0.3) is 0 Å². The van der Waals surface area contributed by atoms with Crippen molar-refractivity contribution in [1.82, 2.24) is 0 Å². The lowest BCUT2D eigenvalue weighted by Crippen LogP contribution is -2.13. The van der Waals surface area contributed by atoms with Crippen molar-refractivity contribution in [2.45, 2.75) is 32.1 Å². The van der Waals surface area contributed by atoms with Gasteiger partial charge in [0.1, 0.15) is 0 Å². The minimum absolute atomic E-state index is 0.218. The van der Waals surface area contributed by atoms with Gasteiger partial charge in [0.25, 0.3) is 0 Å². The molecule has 0 aliphatic rings. The molecule has 13 heavy (non-hydrogen) atoms. The van der Waals surface area contributed by atoms with Gasteiger partial charge in [-0.15, -0.1) is 6.58 Å². The molecule has 0 bridgehead atoms. The first-order valence-corrected chi connectivity index (χ1v) is 4.76. The van der Waals surface area contributed by atoms with E-state index in [1.165, 1.54) is 0 Å². The Morgan fingerprint density at radius 1 is 1.46 bits per heavy atom. The van der Waals surface area contributed by atoms with Crippen molar-refractivity contribution in [2.75, 3.05) is 6.54 Å². The lowest BCUT2D eigenvalue weighted by Gasteiger charge is -2.09. The first-order valence-electron chi connectivity index (χ1n) is 4.76. The Labute approximate surface area is 79.6 Å². The zero-order chi connectivity index (χ0) is 10.1. The number of rotatable bonds is 8. The van der Waals surface area contributed by atoms with Gasteiger partial charge in [0, 0.05) is 0 Å². The van der Waals surface area contributed by atoms with Crippen LogP contribution in [0, 0.1) is 5.92 Å². The van der Waals surface area contributed by atoms with Gasteiger partial charge in [-0.2, -0.15) is 0 Å². The molecule has 0 amide bonds. The average molecular weight is 185 g/mol. The molecule has 0 radical (unpaired) electrons. The van der Waals surface area contributed by atoms with Crippen molar-refractivity contribution in [3.05, 3.63) is 12.7 Å². The number of hydrogen-bond donors (Lipinski definition) is 2. The molecule has 76 valence electrons. The quantitative estimate of drug-likeness (QED) is 0.447. The number of aliphatic carboxylic acids is 1. The maximum Gasteiger partial charge on any atom is 0.306 e. The van der Waals surface area contributed by atoms with Crippen LogP contribution in [0.3, 0.4) is 0 Å². The highest BCUT2D eigenvalue weighted by Gasteiger charge is 2.15. The molecule has 0 spiro atoms. The highest BCUT2D eigenvalue weighted by Crippen LogP contribution is 2.15. The predicted molar refractivity (Wildman–Crippen MR) is 53.5 cm³/mol. The minimum atomic E-state index is -0.695. The Morgan fingerprint density at radius 3 is 2.62 bits per heavy atom. The SMILES string of the molecule is C=CCCC(CCCCN)C(=O)O. The molecular formula is C10H19NO2. The Morgan fingerprint density at radius 2 is 2.15 bits per heavy atom. The first-order chi connectivity index (χ1) is 6.22. The third-order valence-corrected chi connectivity index (χ3v) is 2.08. The topological polar surface area (TPSA) is 63.3 Å². The van der Waals surface area contributed by atoms with Crippen LogP contribution >= 0.6 is 0 Å². The van der Waals surface area contributed by atoms with Crippen LogP contribution in [0.5, 0.6) is 0 Å². The summed E-state index contributed by atoms with van der Waals surface area (Å²) >= 11 is 0. The Bertz CT molecular complexity index is 157. The molecule has 0 aliphatic carbocycles. The zero-order valence-corrected chi connectivity index (χ0v) is 8.04. The number of carbonyl (C=O) groups is 1. The Hall–Kier alpha value is -0.830. The van der Waals surface area contributed by atoms with Crippen molar-refractivity contribution in [3.63, 3.8) is 0 Å². The molecule has 0 aromatic carbocycles. The number of carboxylic acids is 1. The van der Waals surface area contributed by atoms with Gasteiger partial charge in [0.05, 0.1) is 5.92 Å². The molecule has 0 heterocycles. The molecule has 1 atom stereocenters. The van der Waals surface area contributed by atoms with E-state index in [-0.39, 0.29) is 5.92 Å². The second-order valence-corrected chi connectivity index (χ2v) is 3.19. The van der Waals surface area contributed by atoms with Gasteiger partial charge in [0.2, 0.25) is 0 Å². The molecule has 0 aromatic rings. The monoisotopic (exact) mass is 185 g/mol. The lowest BCUT2D eigenvalue weighted by atomic mass is 9.97. The van der Waals surface area contributed by atoms with Gasteiger partial charge in [-0.25, -0.2) is 0 Å². The van der Waals surface area contributed by atoms with Gasteiger partial charge < -0.3 is 10.8 Å². The van der Waals surface area contributed by atoms with E-state index in [0.717, 1.165) is 25.7 Å². The summed E-state index contributed by atoms with van der Waals surface area (Å²) in [5.41, 5.74) is 5.33. The first kappa shape index (κ1) is 12.2. The maximum atomic E-state index is 10.7. The van der Waals surface area contributed by atoms with E-state index in [1.54, 1.807) is 6.08 Å². The van der Waals surface area contributed by atoms with Crippen LogP contribution in [-0.2, 0) is 4.79 Å². The molecule has 0 rings (SSSR count). The molecule has 0 saturated carbocycles. The molecule has 3 heteroatoms. The highest BCUT2D eigenvalue weighted by atomic mass is 16.4. The summed E-state index contributed by atoms with van der Waals surface area (Å²) in [5.74, 6) is -0.913. The van der Waals surface area contributed by atoms with E-state index >= 15 is 0 Å². The Kier molecular flexibility index (Phi) is 7.30. The average Bonchev–Trinajstić information content (AvgIpc) is 2.10. The van der Waals surface area contributed by atoms with Crippen LogP contribution in [0.4, 0.5) is 0 Å². The number of allylic oxidation sites excluding steroid dienone is 1. The van der Waals surface area contributed by atoms with E-state index < -0.39 is 5.97 Å². The smallest absolute Gasteiger partial charge is 0.306 e. The van der Waals surface area contributed by atoms with Crippen LogP contribution < -0.4 is 5.73 Å². The summed E-state index contributed by atoms with van der Waals surface area (Å²) < 4.78 is 0. The largest absolute Gasteiger partial charge is 0.481 e. The van der Waals surface area contributed by atoms with Crippen molar-refractivity contribution in [3.8, 4) is 0 Å². The number of nitrogens with two attached hydrogens (primary N) is 1. The summed E-state index contributed by atoms with van der Waals surface area (Å²) in [6, 6.07) is 0. The third kappa shape index (κ3) is 6.34. The molecule has 1 unspecified atom stereocenters. The fraction of sp³-hybridized carbons (Fsp3) is 0.700. The molecule has 0 fully saturated rings. The van der Waals surface area contributed by atoms with Crippen LogP contribution in [-0.4, -0.2) is 17.6 Å². The van der Waals surface area contributed by atoms with E-state index in [4.69, 9.17) is 10.8 Å². The maximum absolute atomic E-state index is 10.7. The van der Waals surface area contributed by atoms with Crippen LogP contribution in [0.15, 0.2) is 12.7 Å². The Balaban J connectivity index is 3.66. The molecule has 0 aliphatic heterocycles. The number of carboxylic acid groups (broad SMARTS) is 1. The van der Waals surface area contributed by atoms with Gasteiger partial charge in [0.15, 0.2) is 0 Å². The van der Waals surface area contributed by atoms with Gasteiger partial charge in [-0.3, -0.25) is 4.79 Å². The summed E-state index contributed by atoms with van der Waals surface area (Å²) in [6.45, 7) is 4.22. The predicted octanol–water partition coefficient (Wildman–Crippen LogP) is 1.78. The van der Waals surface area contributed by atoms with E-state index in [1.807, 2.05) is 0 Å². The second kappa shape index (κ2) is 7.80. The fourth-order valence-corrected chi connectivity index (χ4v) is 1.25. The van der Waals surface area contributed by atoms with Crippen molar-refractivity contribution in [1.29, 1.82) is 0 Å². The van der Waals surface area contributed by atoms with Gasteiger partial charge in [-0.1, -0.05) is 12.5 Å². The summed E-state index contributed by atoms with van der Waals surface area (Å²) in [5, 5.41) is 8.83. The summed E-state index contributed by atoms with van der Waals surface area (Å²) in [6.07, 6.45) is 5.80. The zero-order valence-electron chi connectivity index (χ0n) is 8.04. The summed E-state index contributed by atoms with van der Waals surface area (Å²) in [7, 11) is 0. The van der Waals surface area contributed by atoms with Crippen molar-refractivity contribution in [2.24, 2.45) is 11.7 Å². The molecule has 3 N–H and O–H groups in total. The standard InChI is InChI=1S/C10H19NO2/c1-2-3-6-9(10(12)13)7-4-5-8-11/h2,9H,1,3-8,11H2,(H,12,13). The van der Waals surface area contributed by atoms with Gasteiger partial charge in [-0.05, 0) is 32.2 Å². The minimum Gasteiger partial charge on any atom is -0.481 e. The third-order valence-electron chi connectivity index (χ3n) is 2.08. The van der Waals surface area contributed by atoms with E-state index in [2.05, 4.69) is 6.58 Å².